The van der Waals surface area contributed by atoms with Crippen LogP contribution in [0, 0.1) is 18.3 Å². The number of thiazole rings is 1. The number of benzene rings is 2. The quantitative estimate of drug-likeness (QED) is 0.340. The van der Waals surface area contributed by atoms with Gasteiger partial charge in [0.15, 0.2) is 5.13 Å². The van der Waals surface area contributed by atoms with Gasteiger partial charge in [0.1, 0.15) is 16.1 Å². The second kappa shape index (κ2) is 9.33. The molecule has 1 amide bonds. The van der Waals surface area contributed by atoms with Gasteiger partial charge in [-0.05, 0) is 43.3 Å². The third-order valence-corrected chi connectivity index (χ3v) is 6.35. The number of pyridine rings is 2. The van der Waals surface area contributed by atoms with Crippen molar-refractivity contribution in [2.24, 2.45) is 0 Å². The summed E-state index contributed by atoms with van der Waals surface area (Å²) in [6, 6.07) is 22.5. The number of nitrogens with zero attached hydrogens (tertiary/aromatic N) is 4. The second-order valence-corrected chi connectivity index (χ2v) is 8.73. The van der Waals surface area contributed by atoms with Gasteiger partial charge in [-0.25, -0.2) is 9.97 Å². The first-order valence-electron chi connectivity index (χ1n) is 10.8. The molecule has 0 aliphatic rings. The summed E-state index contributed by atoms with van der Waals surface area (Å²) < 4.78 is 5.51. The smallest absolute Gasteiger partial charge is 0.259 e. The Kier molecular flexibility index (Phi) is 5.92. The molecule has 5 rings (SSSR count). The molecule has 0 spiro atoms. The molecule has 0 aliphatic heterocycles. The summed E-state index contributed by atoms with van der Waals surface area (Å²) in [5, 5.41) is 12.3. The minimum Gasteiger partial charge on any atom is -0.496 e. The van der Waals surface area contributed by atoms with Gasteiger partial charge in [-0.3, -0.25) is 15.1 Å². The topological polar surface area (TPSA) is 101 Å². The lowest BCUT2D eigenvalue weighted by atomic mass is 9.99. The third kappa shape index (κ3) is 4.45. The predicted octanol–water partition coefficient (Wildman–Crippen LogP) is 5.86. The molecule has 3 aromatic heterocycles. The molecule has 0 unspecified atom stereocenters. The maximum absolute atomic E-state index is 13.3. The number of fused-ring (bicyclic) bond motifs is 1. The molecule has 35 heavy (non-hydrogen) atoms. The van der Waals surface area contributed by atoms with Crippen molar-refractivity contribution in [3.05, 3.63) is 89.7 Å². The monoisotopic (exact) mass is 477 g/mol. The maximum atomic E-state index is 13.3. The van der Waals surface area contributed by atoms with Crippen LogP contribution in [0.2, 0.25) is 0 Å². The lowest BCUT2D eigenvalue weighted by Gasteiger charge is -2.13. The molecule has 0 radical (unpaired) electrons. The SMILES string of the molecule is COc1ccccc1-c1cc(C)ncc1C(=O)Nc1nc2ccc(-c3ccc(C#N)cc3)nc2s1. The van der Waals surface area contributed by atoms with Crippen molar-refractivity contribution >= 4 is 32.7 Å². The second-order valence-electron chi connectivity index (χ2n) is 7.75. The molecule has 0 bridgehead atoms. The number of rotatable bonds is 5. The van der Waals surface area contributed by atoms with Crippen molar-refractivity contribution in [1.29, 1.82) is 5.26 Å². The van der Waals surface area contributed by atoms with Crippen LogP contribution in [0.15, 0.2) is 72.9 Å². The molecule has 2 aromatic carbocycles. The zero-order valence-corrected chi connectivity index (χ0v) is 19.8. The van der Waals surface area contributed by atoms with Crippen LogP contribution >= 0.6 is 11.3 Å². The molecule has 7 nitrogen and oxygen atoms in total. The van der Waals surface area contributed by atoms with Gasteiger partial charge in [-0.2, -0.15) is 5.26 Å². The van der Waals surface area contributed by atoms with Crippen molar-refractivity contribution in [3.63, 3.8) is 0 Å². The van der Waals surface area contributed by atoms with Gasteiger partial charge >= 0.3 is 0 Å². The van der Waals surface area contributed by atoms with Crippen LogP contribution in [-0.2, 0) is 0 Å². The number of carbonyl (C=O) groups is 1. The number of aromatic nitrogens is 3. The van der Waals surface area contributed by atoms with E-state index < -0.39 is 0 Å². The van der Waals surface area contributed by atoms with Crippen molar-refractivity contribution < 1.29 is 9.53 Å². The number of methoxy groups -OCH3 is 1. The van der Waals surface area contributed by atoms with E-state index in [9.17, 15) is 4.79 Å². The Morgan fingerprint density at radius 1 is 1.03 bits per heavy atom. The highest BCUT2D eigenvalue weighted by atomic mass is 32.1. The van der Waals surface area contributed by atoms with Gasteiger partial charge in [-0.15, -0.1) is 0 Å². The highest BCUT2D eigenvalue weighted by Gasteiger charge is 2.18. The highest BCUT2D eigenvalue weighted by molar-refractivity contribution is 7.22. The van der Waals surface area contributed by atoms with Gasteiger partial charge in [0.25, 0.3) is 5.91 Å². The number of anilines is 1. The van der Waals surface area contributed by atoms with Crippen LogP contribution in [-0.4, -0.2) is 28.0 Å². The van der Waals surface area contributed by atoms with Crippen LogP contribution < -0.4 is 10.1 Å². The van der Waals surface area contributed by atoms with Gasteiger partial charge in [0.2, 0.25) is 0 Å². The van der Waals surface area contributed by atoms with E-state index in [2.05, 4.69) is 21.4 Å². The summed E-state index contributed by atoms with van der Waals surface area (Å²) in [5.41, 5.74) is 5.71. The van der Waals surface area contributed by atoms with Crippen LogP contribution in [0.1, 0.15) is 21.6 Å². The molecule has 0 saturated carbocycles. The van der Waals surface area contributed by atoms with E-state index in [4.69, 9.17) is 15.0 Å². The van der Waals surface area contributed by atoms with E-state index in [1.54, 1.807) is 25.4 Å². The largest absolute Gasteiger partial charge is 0.496 e. The van der Waals surface area contributed by atoms with E-state index in [-0.39, 0.29) is 5.91 Å². The van der Waals surface area contributed by atoms with E-state index in [0.29, 0.717) is 32.4 Å². The van der Waals surface area contributed by atoms with Gasteiger partial charge in [0.05, 0.1) is 30.0 Å². The minimum atomic E-state index is -0.315. The Morgan fingerprint density at radius 2 is 1.83 bits per heavy atom. The Morgan fingerprint density at radius 3 is 2.60 bits per heavy atom. The third-order valence-electron chi connectivity index (χ3n) is 5.47. The minimum absolute atomic E-state index is 0.315. The average Bonchev–Trinajstić information content (AvgIpc) is 3.30. The first-order valence-corrected chi connectivity index (χ1v) is 11.6. The summed E-state index contributed by atoms with van der Waals surface area (Å²) in [7, 11) is 1.60. The summed E-state index contributed by atoms with van der Waals surface area (Å²) in [5.74, 6) is 0.358. The average molecular weight is 478 g/mol. The molecule has 8 heteroatoms. The molecule has 0 saturated heterocycles. The number of hydrogen-bond donors (Lipinski definition) is 1. The zero-order chi connectivity index (χ0) is 24.4. The molecule has 0 fully saturated rings. The molecule has 170 valence electrons. The van der Waals surface area contributed by atoms with Crippen LogP contribution in [0.4, 0.5) is 5.13 Å². The molecule has 0 aliphatic carbocycles. The molecule has 1 N–H and O–H groups in total. The number of amides is 1. The number of nitrogens with one attached hydrogen (secondary N) is 1. The molecular formula is C27H19N5O2S. The summed E-state index contributed by atoms with van der Waals surface area (Å²) in [6.07, 6.45) is 1.57. The van der Waals surface area contributed by atoms with E-state index in [0.717, 1.165) is 28.1 Å². The Balaban J connectivity index is 1.46. The molecule has 5 aromatic rings. The summed E-state index contributed by atoms with van der Waals surface area (Å²) in [6.45, 7) is 1.88. The van der Waals surface area contributed by atoms with Crippen LogP contribution in [0.3, 0.4) is 0 Å². The Labute approximate surface area is 205 Å². The number of ether oxygens (including phenoxy) is 1. The number of hydrogen-bond acceptors (Lipinski definition) is 7. The number of carbonyl (C=O) groups excluding carboxylic acids is 1. The summed E-state index contributed by atoms with van der Waals surface area (Å²) in [4.78, 5) is 27.5. The molecule has 0 atom stereocenters. The van der Waals surface area contributed by atoms with E-state index >= 15 is 0 Å². The van der Waals surface area contributed by atoms with Crippen LogP contribution in [0.25, 0.3) is 32.7 Å². The van der Waals surface area contributed by atoms with Gasteiger partial charge in [-0.1, -0.05) is 41.7 Å². The van der Waals surface area contributed by atoms with Crippen molar-refractivity contribution in [2.75, 3.05) is 12.4 Å². The maximum Gasteiger partial charge on any atom is 0.259 e. The fraction of sp³-hybridized carbons (Fsp3) is 0.0741. The van der Waals surface area contributed by atoms with Crippen molar-refractivity contribution in [3.8, 4) is 34.2 Å². The first kappa shape index (κ1) is 22.2. The standard InChI is InChI=1S/C27H19N5O2S/c1-16-13-20(19-5-3-4-6-24(19)34-2)21(15-29-16)25(33)32-27-31-23-12-11-22(30-26(23)35-27)18-9-7-17(14-28)8-10-18/h3-13,15H,1-2H3,(H,31,32,33). The predicted molar refractivity (Wildman–Crippen MR) is 136 cm³/mol. The fourth-order valence-electron chi connectivity index (χ4n) is 3.74. The summed E-state index contributed by atoms with van der Waals surface area (Å²) >= 11 is 1.30. The Bertz CT molecular complexity index is 1600. The first-order chi connectivity index (χ1) is 17.1. The Hall–Kier alpha value is -4.61. The van der Waals surface area contributed by atoms with E-state index in [1.165, 1.54) is 11.3 Å². The molecular weight excluding hydrogens is 458 g/mol. The zero-order valence-electron chi connectivity index (χ0n) is 18.9. The number of para-hydroxylation sites is 1. The lowest BCUT2D eigenvalue weighted by Crippen LogP contribution is -2.14. The van der Waals surface area contributed by atoms with Gasteiger partial charge in [0, 0.05) is 28.6 Å². The van der Waals surface area contributed by atoms with Gasteiger partial charge < -0.3 is 4.74 Å². The number of aryl methyl sites for hydroxylation is 1. The normalized spacial score (nSPS) is 10.7. The van der Waals surface area contributed by atoms with E-state index in [1.807, 2.05) is 61.5 Å². The molecule has 3 heterocycles. The fourth-order valence-corrected chi connectivity index (χ4v) is 4.58. The lowest BCUT2D eigenvalue weighted by molar-refractivity contribution is 0.102. The van der Waals surface area contributed by atoms with Crippen LogP contribution in [0.5, 0.6) is 5.75 Å². The highest BCUT2D eigenvalue weighted by Crippen LogP contribution is 2.33. The van der Waals surface area contributed by atoms with Crippen molar-refractivity contribution in [2.45, 2.75) is 6.92 Å². The number of nitriles is 1. The van der Waals surface area contributed by atoms with Crippen molar-refractivity contribution in [1.82, 2.24) is 15.0 Å².